The number of pyridine rings is 2. The van der Waals surface area contributed by atoms with Crippen molar-refractivity contribution in [2.45, 2.75) is 37.7 Å². The number of benzene rings is 2. The Morgan fingerprint density at radius 1 is 1.20 bits per heavy atom. The Morgan fingerprint density at radius 2 is 1.95 bits per heavy atom. The first-order valence-electron chi connectivity index (χ1n) is 14.0. The van der Waals surface area contributed by atoms with Gasteiger partial charge < -0.3 is 25.6 Å². The molecule has 1 aliphatic heterocycles. The van der Waals surface area contributed by atoms with Crippen LogP contribution in [0.5, 0.6) is 11.5 Å². The molecule has 12 heteroatoms. The topological polar surface area (TPSA) is 137 Å². The zero-order valence-corrected chi connectivity index (χ0v) is 24.9. The van der Waals surface area contributed by atoms with E-state index in [4.69, 9.17) is 26.8 Å². The van der Waals surface area contributed by atoms with Gasteiger partial charge in [0.2, 0.25) is 5.91 Å². The molecule has 2 aliphatic rings. The number of hydrogen-bond acceptors (Lipinski definition) is 7. The largest absolute Gasteiger partial charge is 0.494 e. The minimum absolute atomic E-state index is 0.00618. The van der Waals surface area contributed by atoms with Gasteiger partial charge in [0.15, 0.2) is 11.6 Å². The number of aliphatic hydroxyl groups is 1. The number of rotatable bonds is 8. The van der Waals surface area contributed by atoms with Crippen LogP contribution in [0.25, 0.3) is 22.2 Å². The van der Waals surface area contributed by atoms with E-state index >= 15 is 0 Å². The first-order valence-corrected chi connectivity index (χ1v) is 14.3. The van der Waals surface area contributed by atoms with E-state index in [2.05, 4.69) is 15.3 Å². The molecule has 228 valence electrons. The van der Waals surface area contributed by atoms with Crippen LogP contribution in [0.15, 0.2) is 42.5 Å². The average molecular weight is 623 g/mol. The van der Waals surface area contributed by atoms with Gasteiger partial charge in [-0.2, -0.15) is 0 Å². The molecular weight excluding hydrogens is 594 g/mol. The number of primary amides is 1. The minimum atomic E-state index is -1.70. The highest BCUT2D eigenvalue weighted by Gasteiger charge is 2.50. The lowest BCUT2D eigenvalue weighted by molar-refractivity contribution is -0.123. The van der Waals surface area contributed by atoms with Gasteiger partial charge in [-0.25, -0.2) is 18.7 Å². The van der Waals surface area contributed by atoms with Gasteiger partial charge in [0.05, 0.1) is 24.4 Å². The summed E-state index contributed by atoms with van der Waals surface area (Å²) in [6.45, 7) is 3.07. The molecule has 3 heterocycles. The van der Waals surface area contributed by atoms with E-state index in [9.17, 15) is 23.5 Å². The van der Waals surface area contributed by atoms with Gasteiger partial charge in [-0.05, 0) is 69.0 Å². The number of nitrogens with zero attached hydrogens (tertiary/aromatic N) is 2. The Morgan fingerprint density at radius 3 is 2.64 bits per heavy atom. The van der Waals surface area contributed by atoms with Gasteiger partial charge in [-0.1, -0.05) is 17.7 Å². The van der Waals surface area contributed by atoms with E-state index in [0.29, 0.717) is 40.6 Å². The molecule has 0 radical (unpaired) electrons. The van der Waals surface area contributed by atoms with Crippen molar-refractivity contribution in [3.05, 3.63) is 81.6 Å². The average Bonchev–Trinajstić information content (AvgIpc) is 3.81. The van der Waals surface area contributed by atoms with E-state index in [0.717, 1.165) is 11.8 Å². The van der Waals surface area contributed by atoms with Crippen LogP contribution in [-0.4, -0.2) is 47.2 Å². The maximum Gasteiger partial charge on any atom is 0.251 e. The van der Waals surface area contributed by atoms with Crippen molar-refractivity contribution in [3.63, 3.8) is 0 Å². The van der Waals surface area contributed by atoms with Gasteiger partial charge >= 0.3 is 0 Å². The zero-order chi connectivity index (χ0) is 31.6. The molecule has 2 atom stereocenters. The number of methoxy groups -OCH3 is 1. The second kappa shape index (κ2) is 10.7. The molecule has 2 aromatic heterocycles. The Balaban J connectivity index is 1.42. The van der Waals surface area contributed by atoms with Crippen molar-refractivity contribution < 1.29 is 33.0 Å². The van der Waals surface area contributed by atoms with E-state index in [1.54, 1.807) is 19.1 Å². The lowest BCUT2D eigenvalue weighted by Crippen LogP contribution is -2.44. The third kappa shape index (κ3) is 4.80. The molecule has 0 bridgehead atoms. The molecule has 1 unspecified atom stereocenters. The van der Waals surface area contributed by atoms with Crippen LogP contribution in [0.1, 0.15) is 47.1 Å². The number of aromatic nitrogens is 2. The van der Waals surface area contributed by atoms with Gasteiger partial charge in [0.25, 0.3) is 5.91 Å². The maximum atomic E-state index is 14.6. The Kier molecular flexibility index (Phi) is 7.21. The van der Waals surface area contributed by atoms with Gasteiger partial charge in [0, 0.05) is 27.8 Å². The van der Waals surface area contributed by atoms with Crippen LogP contribution in [0.4, 0.5) is 8.78 Å². The molecule has 0 saturated heterocycles. The molecule has 1 saturated carbocycles. The van der Waals surface area contributed by atoms with Crippen molar-refractivity contribution >= 4 is 34.3 Å². The Hall–Kier alpha value is -4.35. The van der Waals surface area contributed by atoms with Crippen LogP contribution < -0.4 is 20.5 Å². The summed E-state index contributed by atoms with van der Waals surface area (Å²) >= 11 is 6.22. The standard InChI is InChI=1S/C32H29ClF2N4O5/c1-15-4-5-16-10-17(11-22(43-3)26(16)38-15)29(40)37-13-32(42,18-6-7-18)23-12-20-28(44-14-31(20,2)30(36)41)27(39-23)19-8-9-21(34)25(35)24(19)33/h4-5,8-12,18,42H,6-7,13-14H2,1-3H3,(H2,36,41)(H,37,40)/t31-,32?/m0/s1. The number of nitrogens with two attached hydrogens (primary N) is 1. The minimum Gasteiger partial charge on any atom is -0.494 e. The fourth-order valence-electron chi connectivity index (χ4n) is 5.61. The van der Waals surface area contributed by atoms with Crippen LogP contribution >= 0.6 is 11.6 Å². The zero-order valence-electron chi connectivity index (χ0n) is 24.1. The predicted octanol–water partition coefficient (Wildman–Crippen LogP) is 4.71. The number of carbonyl (C=O) groups is 2. The van der Waals surface area contributed by atoms with Crippen molar-refractivity contribution in [1.82, 2.24) is 15.3 Å². The molecule has 4 N–H and O–H groups in total. The lowest BCUT2D eigenvalue weighted by Gasteiger charge is -2.30. The molecule has 6 rings (SSSR count). The number of fused-ring (bicyclic) bond motifs is 2. The van der Waals surface area contributed by atoms with Crippen LogP contribution in [0.2, 0.25) is 5.02 Å². The molecule has 2 aromatic carbocycles. The number of amides is 2. The first-order chi connectivity index (χ1) is 20.9. The monoisotopic (exact) mass is 622 g/mol. The quantitative estimate of drug-likeness (QED) is 0.242. The molecule has 2 amide bonds. The Bertz CT molecular complexity index is 1870. The molecule has 44 heavy (non-hydrogen) atoms. The van der Waals surface area contributed by atoms with Crippen molar-refractivity contribution in [1.29, 1.82) is 0 Å². The summed E-state index contributed by atoms with van der Waals surface area (Å²) in [6, 6.07) is 10.6. The highest BCUT2D eigenvalue weighted by atomic mass is 35.5. The third-order valence-electron chi connectivity index (χ3n) is 8.50. The second-order valence-electron chi connectivity index (χ2n) is 11.5. The molecular formula is C32H29ClF2N4O5. The van der Waals surface area contributed by atoms with E-state index in [-0.39, 0.29) is 41.8 Å². The highest BCUT2D eigenvalue weighted by Crippen LogP contribution is 2.50. The number of nitrogens with one attached hydrogen (secondary N) is 1. The molecule has 4 aromatic rings. The van der Waals surface area contributed by atoms with E-state index < -0.39 is 39.5 Å². The first kappa shape index (κ1) is 29.7. The van der Waals surface area contributed by atoms with Crippen LogP contribution in [-0.2, 0) is 15.8 Å². The van der Waals surface area contributed by atoms with E-state index in [1.165, 1.54) is 19.2 Å². The van der Waals surface area contributed by atoms with Gasteiger partial charge in [-0.3, -0.25) is 9.59 Å². The van der Waals surface area contributed by atoms with Crippen LogP contribution in [0.3, 0.4) is 0 Å². The smallest absolute Gasteiger partial charge is 0.251 e. The summed E-state index contributed by atoms with van der Waals surface area (Å²) in [6.07, 6.45) is 1.29. The van der Waals surface area contributed by atoms with Gasteiger partial charge in [-0.15, -0.1) is 0 Å². The van der Waals surface area contributed by atoms with Crippen molar-refractivity contribution in [3.8, 4) is 22.8 Å². The Labute approximate surface area is 256 Å². The highest BCUT2D eigenvalue weighted by molar-refractivity contribution is 6.33. The summed E-state index contributed by atoms with van der Waals surface area (Å²) in [7, 11) is 1.49. The van der Waals surface area contributed by atoms with Crippen molar-refractivity contribution in [2.75, 3.05) is 20.3 Å². The number of halogens is 3. The molecule has 0 spiro atoms. The summed E-state index contributed by atoms with van der Waals surface area (Å²) < 4.78 is 39.9. The summed E-state index contributed by atoms with van der Waals surface area (Å²) in [5.74, 6) is -3.33. The van der Waals surface area contributed by atoms with E-state index in [1.807, 2.05) is 19.1 Å². The number of ether oxygens (including phenoxy) is 2. The SMILES string of the molecule is COc1cc(C(=O)NCC(O)(c2cc3c(c(-c4ccc(F)c(F)c4Cl)n2)OC[C@]3(C)C(N)=O)C2CC2)cc2ccc(C)nc12. The predicted molar refractivity (Wildman–Crippen MR) is 159 cm³/mol. The number of hydrogen-bond donors (Lipinski definition) is 3. The molecule has 1 fully saturated rings. The fourth-order valence-corrected chi connectivity index (χ4v) is 5.85. The van der Waals surface area contributed by atoms with Crippen molar-refractivity contribution in [2.24, 2.45) is 11.7 Å². The molecule has 1 aliphatic carbocycles. The summed E-state index contributed by atoms with van der Waals surface area (Å²) in [4.78, 5) is 35.2. The normalized spacial score (nSPS) is 18.8. The molecule has 9 nitrogen and oxygen atoms in total. The summed E-state index contributed by atoms with van der Waals surface area (Å²) in [5, 5.41) is 15.2. The van der Waals surface area contributed by atoms with Gasteiger partial charge in [0.1, 0.15) is 40.3 Å². The third-order valence-corrected chi connectivity index (χ3v) is 8.87. The summed E-state index contributed by atoms with van der Waals surface area (Å²) in [5.41, 5.74) is 4.90. The fraction of sp³-hybridized carbons (Fsp3) is 0.312. The van der Waals surface area contributed by atoms with Crippen LogP contribution in [0, 0.1) is 24.5 Å². The maximum absolute atomic E-state index is 14.6. The number of carbonyl (C=O) groups excluding carboxylic acids is 2. The number of aryl methyl sites for hydroxylation is 1. The second-order valence-corrected chi connectivity index (χ2v) is 11.9. The lowest BCUT2D eigenvalue weighted by atomic mass is 9.81.